The molecule has 2 amide bonds. The molecule has 3 aromatic rings. The quantitative estimate of drug-likeness (QED) is 0.607. The molecule has 1 atom stereocenters. The topological polar surface area (TPSA) is 67.4 Å². The van der Waals surface area contributed by atoms with Crippen molar-refractivity contribution >= 4 is 46.1 Å². The van der Waals surface area contributed by atoms with E-state index in [-0.39, 0.29) is 11.8 Å². The molecule has 0 saturated carbocycles. The van der Waals surface area contributed by atoms with Crippen LogP contribution in [-0.2, 0) is 4.79 Å². The molecule has 27 heavy (non-hydrogen) atoms. The van der Waals surface area contributed by atoms with Gasteiger partial charge in [0.15, 0.2) is 6.10 Å². The Bertz CT molecular complexity index is 927. The smallest absolute Gasteiger partial charge is 0.265 e. The molecule has 3 rings (SSSR count). The van der Waals surface area contributed by atoms with Gasteiger partial charge in [0.2, 0.25) is 0 Å². The SMILES string of the molecule is CC(Oc1ccccc1Cl)C(=O)Nc1ccc(NC(=O)c2cccs2)cc1. The van der Waals surface area contributed by atoms with Crippen molar-refractivity contribution in [1.82, 2.24) is 0 Å². The number of halogens is 1. The summed E-state index contributed by atoms with van der Waals surface area (Å²) in [5, 5.41) is 7.87. The average Bonchev–Trinajstić information content (AvgIpc) is 3.20. The average molecular weight is 401 g/mol. The van der Waals surface area contributed by atoms with Gasteiger partial charge in [-0.05, 0) is 54.8 Å². The minimum absolute atomic E-state index is 0.163. The first-order valence-electron chi connectivity index (χ1n) is 8.20. The van der Waals surface area contributed by atoms with Crippen LogP contribution in [0.2, 0.25) is 5.02 Å². The lowest BCUT2D eigenvalue weighted by molar-refractivity contribution is -0.122. The minimum Gasteiger partial charge on any atom is -0.479 e. The molecule has 0 aliphatic carbocycles. The number of carbonyl (C=O) groups excluding carboxylic acids is 2. The van der Waals surface area contributed by atoms with E-state index in [9.17, 15) is 9.59 Å². The molecule has 2 aromatic carbocycles. The Hall–Kier alpha value is -2.83. The molecule has 2 N–H and O–H groups in total. The van der Waals surface area contributed by atoms with E-state index >= 15 is 0 Å². The number of hydrogen-bond donors (Lipinski definition) is 2. The van der Waals surface area contributed by atoms with Crippen LogP contribution in [0.3, 0.4) is 0 Å². The van der Waals surface area contributed by atoms with E-state index in [1.165, 1.54) is 11.3 Å². The standard InChI is InChI=1S/C20H17ClN2O3S/c1-13(26-17-6-3-2-5-16(17)21)19(24)22-14-8-10-15(11-9-14)23-20(25)18-7-4-12-27-18/h2-13H,1H3,(H,22,24)(H,23,25). The van der Waals surface area contributed by atoms with Crippen molar-refractivity contribution in [2.24, 2.45) is 0 Å². The number of anilines is 2. The van der Waals surface area contributed by atoms with E-state index in [2.05, 4.69) is 10.6 Å². The van der Waals surface area contributed by atoms with Gasteiger partial charge < -0.3 is 15.4 Å². The fraction of sp³-hybridized carbons (Fsp3) is 0.100. The Labute approximate surface area is 165 Å². The van der Waals surface area contributed by atoms with Crippen molar-refractivity contribution in [3.05, 3.63) is 75.9 Å². The normalized spacial score (nSPS) is 11.5. The summed E-state index contributed by atoms with van der Waals surface area (Å²) in [6, 6.07) is 17.4. The molecule has 0 spiro atoms. The molecule has 0 radical (unpaired) electrons. The van der Waals surface area contributed by atoms with Crippen LogP contribution in [0, 0.1) is 0 Å². The first-order chi connectivity index (χ1) is 13.0. The third-order valence-electron chi connectivity index (χ3n) is 3.66. The fourth-order valence-electron chi connectivity index (χ4n) is 2.27. The highest BCUT2D eigenvalue weighted by molar-refractivity contribution is 7.12. The zero-order valence-corrected chi connectivity index (χ0v) is 16.0. The number of thiophene rings is 1. The van der Waals surface area contributed by atoms with E-state index in [1.807, 2.05) is 11.4 Å². The zero-order chi connectivity index (χ0) is 19.2. The zero-order valence-electron chi connectivity index (χ0n) is 14.4. The minimum atomic E-state index is -0.719. The monoisotopic (exact) mass is 400 g/mol. The van der Waals surface area contributed by atoms with Crippen molar-refractivity contribution in [1.29, 1.82) is 0 Å². The maximum atomic E-state index is 12.3. The maximum absolute atomic E-state index is 12.3. The molecule has 0 fully saturated rings. The Morgan fingerprint density at radius 2 is 1.63 bits per heavy atom. The van der Waals surface area contributed by atoms with Crippen molar-refractivity contribution in [3.8, 4) is 5.75 Å². The van der Waals surface area contributed by atoms with Gasteiger partial charge in [-0.1, -0.05) is 29.8 Å². The van der Waals surface area contributed by atoms with Gasteiger partial charge in [0.1, 0.15) is 5.75 Å². The molecule has 0 aliphatic heterocycles. The summed E-state index contributed by atoms with van der Waals surface area (Å²) >= 11 is 7.41. The molecule has 5 nitrogen and oxygen atoms in total. The number of ether oxygens (including phenoxy) is 1. The number of para-hydroxylation sites is 1. The Morgan fingerprint density at radius 1 is 0.963 bits per heavy atom. The van der Waals surface area contributed by atoms with Crippen LogP contribution in [-0.4, -0.2) is 17.9 Å². The number of benzene rings is 2. The first-order valence-corrected chi connectivity index (χ1v) is 9.45. The fourth-order valence-corrected chi connectivity index (χ4v) is 3.06. The van der Waals surface area contributed by atoms with Crippen LogP contribution >= 0.6 is 22.9 Å². The van der Waals surface area contributed by atoms with E-state index < -0.39 is 6.10 Å². The third kappa shape index (κ3) is 5.09. The molecule has 0 aliphatic rings. The highest BCUT2D eigenvalue weighted by atomic mass is 35.5. The van der Waals surface area contributed by atoms with Crippen molar-refractivity contribution < 1.29 is 14.3 Å². The van der Waals surface area contributed by atoms with Crippen molar-refractivity contribution in [2.75, 3.05) is 10.6 Å². The second-order valence-corrected chi connectivity index (χ2v) is 7.04. The predicted octanol–water partition coefficient (Wildman–Crippen LogP) is 5.06. The molecule has 0 saturated heterocycles. The maximum Gasteiger partial charge on any atom is 0.265 e. The Kier molecular flexibility index (Phi) is 6.11. The second kappa shape index (κ2) is 8.70. The molecule has 138 valence electrons. The highest BCUT2D eigenvalue weighted by Crippen LogP contribution is 2.24. The van der Waals surface area contributed by atoms with Crippen molar-refractivity contribution in [3.63, 3.8) is 0 Å². The van der Waals surface area contributed by atoms with Crippen LogP contribution < -0.4 is 15.4 Å². The van der Waals surface area contributed by atoms with Gasteiger partial charge in [-0.25, -0.2) is 0 Å². The van der Waals surface area contributed by atoms with Crippen LogP contribution in [0.4, 0.5) is 11.4 Å². The van der Waals surface area contributed by atoms with Crippen LogP contribution in [0.1, 0.15) is 16.6 Å². The molecular formula is C20H17ClN2O3S. The molecule has 1 aromatic heterocycles. The van der Waals surface area contributed by atoms with E-state index in [0.717, 1.165) is 0 Å². The predicted molar refractivity (Wildman–Crippen MR) is 109 cm³/mol. The molecule has 7 heteroatoms. The van der Waals surface area contributed by atoms with Crippen LogP contribution in [0.15, 0.2) is 66.0 Å². The Morgan fingerprint density at radius 3 is 2.26 bits per heavy atom. The van der Waals surface area contributed by atoms with Gasteiger partial charge in [0.05, 0.1) is 9.90 Å². The number of amides is 2. The Balaban J connectivity index is 1.56. The summed E-state index contributed by atoms with van der Waals surface area (Å²) in [5.41, 5.74) is 1.25. The van der Waals surface area contributed by atoms with Gasteiger partial charge >= 0.3 is 0 Å². The number of nitrogens with one attached hydrogen (secondary N) is 2. The van der Waals surface area contributed by atoms with E-state index in [0.29, 0.717) is 27.0 Å². The summed E-state index contributed by atoms with van der Waals surface area (Å²) in [4.78, 5) is 25.0. The van der Waals surface area contributed by atoms with Gasteiger partial charge in [0.25, 0.3) is 11.8 Å². The lowest BCUT2D eigenvalue weighted by atomic mass is 10.2. The third-order valence-corrected chi connectivity index (χ3v) is 4.85. The summed E-state index contributed by atoms with van der Waals surface area (Å²) in [7, 11) is 0. The van der Waals surface area contributed by atoms with Gasteiger partial charge in [-0.15, -0.1) is 11.3 Å². The summed E-state index contributed by atoms with van der Waals surface area (Å²) in [6.07, 6.45) is -0.719. The summed E-state index contributed by atoms with van der Waals surface area (Å²) < 4.78 is 5.60. The van der Waals surface area contributed by atoms with Crippen LogP contribution in [0.25, 0.3) is 0 Å². The van der Waals surface area contributed by atoms with E-state index in [4.69, 9.17) is 16.3 Å². The number of carbonyl (C=O) groups is 2. The largest absolute Gasteiger partial charge is 0.479 e. The lowest BCUT2D eigenvalue weighted by Crippen LogP contribution is -2.30. The number of hydrogen-bond acceptors (Lipinski definition) is 4. The summed E-state index contributed by atoms with van der Waals surface area (Å²) in [5.74, 6) is -0.0118. The molecule has 0 bridgehead atoms. The number of rotatable bonds is 6. The van der Waals surface area contributed by atoms with Crippen molar-refractivity contribution in [2.45, 2.75) is 13.0 Å². The molecular weight excluding hydrogens is 384 g/mol. The van der Waals surface area contributed by atoms with Crippen LogP contribution in [0.5, 0.6) is 5.75 Å². The molecule has 1 heterocycles. The lowest BCUT2D eigenvalue weighted by Gasteiger charge is -2.15. The first kappa shape index (κ1) is 18.9. The van der Waals surface area contributed by atoms with Gasteiger partial charge in [-0.2, -0.15) is 0 Å². The highest BCUT2D eigenvalue weighted by Gasteiger charge is 2.16. The van der Waals surface area contributed by atoms with Gasteiger partial charge in [0, 0.05) is 11.4 Å². The van der Waals surface area contributed by atoms with E-state index in [1.54, 1.807) is 61.5 Å². The summed E-state index contributed by atoms with van der Waals surface area (Å²) in [6.45, 7) is 1.65. The second-order valence-electron chi connectivity index (χ2n) is 5.69. The van der Waals surface area contributed by atoms with Gasteiger partial charge in [-0.3, -0.25) is 9.59 Å². The molecule has 1 unspecified atom stereocenters.